The molecule has 2 unspecified atom stereocenters. The Morgan fingerprint density at radius 1 is 1.39 bits per heavy atom. The van der Waals surface area contributed by atoms with Crippen molar-refractivity contribution in [1.82, 2.24) is 0 Å². The van der Waals surface area contributed by atoms with Crippen LogP contribution in [0.3, 0.4) is 0 Å². The Hall–Kier alpha value is -1.77. The first-order valence-corrected chi connectivity index (χ1v) is 6.34. The van der Waals surface area contributed by atoms with E-state index < -0.39 is 5.97 Å². The Morgan fingerprint density at radius 2 is 2.11 bits per heavy atom. The lowest BCUT2D eigenvalue weighted by Gasteiger charge is -2.25. The maximum absolute atomic E-state index is 10.6. The van der Waals surface area contributed by atoms with Crippen molar-refractivity contribution in [1.29, 1.82) is 0 Å². The van der Waals surface area contributed by atoms with E-state index in [1.54, 1.807) is 6.08 Å². The largest absolute Gasteiger partial charge is 0.478 e. The summed E-state index contributed by atoms with van der Waals surface area (Å²) in [7, 11) is 0. The van der Waals surface area contributed by atoms with Gasteiger partial charge in [-0.1, -0.05) is 25.1 Å². The molecule has 0 spiro atoms. The molecule has 18 heavy (non-hydrogen) atoms. The summed E-state index contributed by atoms with van der Waals surface area (Å²) < 4.78 is 0. The third-order valence-corrected chi connectivity index (χ3v) is 3.44. The molecule has 1 aliphatic rings. The van der Waals surface area contributed by atoms with E-state index in [1.165, 1.54) is 12.5 Å². The maximum Gasteiger partial charge on any atom is 0.328 e. The second-order valence-corrected chi connectivity index (χ2v) is 5.07. The number of rotatable bonds is 3. The number of hydrogen-bond acceptors (Lipinski definition) is 2. The number of carbonyl (C=O) groups is 1. The highest BCUT2D eigenvalue weighted by Crippen LogP contribution is 2.31. The quantitative estimate of drug-likeness (QED) is 0.832. The highest BCUT2D eigenvalue weighted by Gasteiger charge is 2.26. The molecule has 1 aromatic rings. The number of hydrogen-bond donors (Lipinski definition) is 1. The Kier molecular flexibility index (Phi) is 3.70. The number of para-hydroxylation sites is 1. The van der Waals surface area contributed by atoms with Gasteiger partial charge in [0.15, 0.2) is 0 Å². The van der Waals surface area contributed by atoms with Gasteiger partial charge >= 0.3 is 5.97 Å². The SMILES string of the molecule is CC1CC(C)N(c2ccccc2/C=C/C(=O)O)C1. The molecule has 1 saturated heterocycles. The minimum Gasteiger partial charge on any atom is -0.478 e. The van der Waals surface area contributed by atoms with Gasteiger partial charge in [-0.3, -0.25) is 0 Å². The average molecular weight is 245 g/mol. The molecule has 3 nitrogen and oxygen atoms in total. The highest BCUT2D eigenvalue weighted by molar-refractivity contribution is 5.87. The van der Waals surface area contributed by atoms with Crippen LogP contribution in [0, 0.1) is 5.92 Å². The van der Waals surface area contributed by atoms with Crippen molar-refractivity contribution in [2.24, 2.45) is 5.92 Å². The zero-order valence-electron chi connectivity index (χ0n) is 10.8. The Bertz CT molecular complexity index is 467. The van der Waals surface area contributed by atoms with Gasteiger partial charge in [-0.15, -0.1) is 0 Å². The molecule has 0 radical (unpaired) electrons. The highest BCUT2D eigenvalue weighted by atomic mass is 16.4. The summed E-state index contributed by atoms with van der Waals surface area (Å²) in [4.78, 5) is 13.0. The summed E-state index contributed by atoms with van der Waals surface area (Å²) in [5.74, 6) is -0.218. The third kappa shape index (κ3) is 2.73. The van der Waals surface area contributed by atoms with Crippen LogP contribution >= 0.6 is 0 Å². The van der Waals surface area contributed by atoms with Crippen LogP contribution < -0.4 is 4.90 Å². The first-order chi connectivity index (χ1) is 8.58. The van der Waals surface area contributed by atoms with E-state index >= 15 is 0 Å². The van der Waals surface area contributed by atoms with Crippen molar-refractivity contribution in [3.63, 3.8) is 0 Å². The van der Waals surface area contributed by atoms with Gasteiger partial charge in [0.05, 0.1) is 0 Å². The molecular weight excluding hydrogens is 226 g/mol. The van der Waals surface area contributed by atoms with Crippen molar-refractivity contribution < 1.29 is 9.90 Å². The zero-order valence-corrected chi connectivity index (χ0v) is 10.8. The summed E-state index contributed by atoms with van der Waals surface area (Å²) >= 11 is 0. The summed E-state index contributed by atoms with van der Waals surface area (Å²) in [5.41, 5.74) is 2.10. The summed E-state index contributed by atoms with van der Waals surface area (Å²) in [5, 5.41) is 8.72. The van der Waals surface area contributed by atoms with E-state index in [2.05, 4.69) is 24.8 Å². The molecule has 2 rings (SSSR count). The van der Waals surface area contributed by atoms with Crippen LogP contribution in [-0.4, -0.2) is 23.7 Å². The van der Waals surface area contributed by atoms with Crippen molar-refractivity contribution in [2.45, 2.75) is 26.3 Å². The number of aliphatic carboxylic acids is 1. The lowest BCUT2D eigenvalue weighted by atomic mass is 10.1. The Balaban J connectivity index is 2.30. The molecule has 1 heterocycles. The first-order valence-electron chi connectivity index (χ1n) is 6.34. The number of carboxylic acids is 1. The molecule has 1 aliphatic heterocycles. The van der Waals surface area contributed by atoms with E-state index in [-0.39, 0.29) is 0 Å². The van der Waals surface area contributed by atoms with Crippen molar-refractivity contribution in [3.8, 4) is 0 Å². The van der Waals surface area contributed by atoms with E-state index in [0.717, 1.165) is 17.8 Å². The standard InChI is InChI=1S/C15H19NO2/c1-11-9-12(2)16(10-11)14-6-4-3-5-13(14)7-8-15(17)18/h3-8,11-12H,9-10H2,1-2H3,(H,17,18)/b8-7+. The van der Waals surface area contributed by atoms with Crippen molar-refractivity contribution in [3.05, 3.63) is 35.9 Å². The minimum atomic E-state index is -0.910. The smallest absolute Gasteiger partial charge is 0.328 e. The average Bonchev–Trinajstić information content (AvgIpc) is 2.66. The molecule has 0 amide bonds. The van der Waals surface area contributed by atoms with E-state index in [1.807, 2.05) is 18.2 Å². The minimum absolute atomic E-state index is 0.513. The van der Waals surface area contributed by atoms with Gasteiger partial charge < -0.3 is 10.0 Å². The number of carboxylic acid groups (broad SMARTS) is 1. The first kappa shape index (κ1) is 12.7. The second kappa shape index (κ2) is 5.25. The number of anilines is 1. The number of nitrogens with zero attached hydrogens (tertiary/aromatic N) is 1. The summed E-state index contributed by atoms with van der Waals surface area (Å²) in [6.07, 6.45) is 4.06. The monoisotopic (exact) mass is 245 g/mol. The van der Waals surface area contributed by atoms with Crippen LogP contribution in [0.2, 0.25) is 0 Å². The van der Waals surface area contributed by atoms with Gasteiger partial charge in [0.1, 0.15) is 0 Å². The summed E-state index contributed by atoms with van der Waals surface area (Å²) in [6, 6.07) is 8.48. The molecule has 1 N–H and O–H groups in total. The Morgan fingerprint density at radius 3 is 2.72 bits per heavy atom. The maximum atomic E-state index is 10.6. The third-order valence-electron chi connectivity index (χ3n) is 3.44. The van der Waals surface area contributed by atoms with Crippen LogP contribution in [-0.2, 0) is 4.79 Å². The molecule has 0 aromatic heterocycles. The molecule has 3 heteroatoms. The fraction of sp³-hybridized carbons (Fsp3) is 0.400. The van der Waals surface area contributed by atoms with Crippen LogP contribution in [0.25, 0.3) is 6.08 Å². The molecule has 1 fully saturated rings. The fourth-order valence-electron chi connectivity index (χ4n) is 2.69. The molecule has 96 valence electrons. The van der Waals surface area contributed by atoms with E-state index in [4.69, 9.17) is 5.11 Å². The van der Waals surface area contributed by atoms with Crippen LogP contribution in [0.15, 0.2) is 30.3 Å². The molecule has 0 aliphatic carbocycles. The van der Waals surface area contributed by atoms with Crippen LogP contribution in [0.4, 0.5) is 5.69 Å². The van der Waals surface area contributed by atoms with Gasteiger partial charge in [0.25, 0.3) is 0 Å². The number of benzene rings is 1. The van der Waals surface area contributed by atoms with E-state index in [9.17, 15) is 4.79 Å². The van der Waals surface area contributed by atoms with Gasteiger partial charge in [-0.25, -0.2) is 4.79 Å². The van der Waals surface area contributed by atoms with Crippen LogP contribution in [0.5, 0.6) is 0 Å². The molecule has 2 atom stereocenters. The lowest BCUT2D eigenvalue weighted by molar-refractivity contribution is -0.131. The van der Waals surface area contributed by atoms with Crippen molar-refractivity contribution >= 4 is 17.7 Å². The lowest BCUT2D eigenvalue weighted by Crippen LogP contribution is -2.27. The zero-order chi connectivity index (χ0) is 13.1. The fourth-order valence-corrected chi connectivity index (χ4v) is 2.69. The van der Waals surface area contributed by atoms with Crippen molar-refractivity contribution in [2.75, 3.05) is 11.4 Å². The predicted octanol–water partition coefficient (Wildman–Crippen LogP) is 3.02. The Labute approximate surface area is 108 Å². The topological polar surface area (TPSA) is 40.5 Å². The molecular formula is C15H19NO2. The van der Waals surface area contributed by atoms with Gasteiger partial charge in [-0.05, 0) is 37.0 Å². The molecule has 0 bridgehead atoms. The van der Waals surface area contributed by atoms with E-state index in [0.29, 0.717) is 12.0 Å². The second-order valence-electron chi connectivity index (χ2n) is 5.07. The predicted molar refractivity (Wildman–Crippen MR) is 73.7 cm³/mol. The van der Waals surface area contributed by atoms with Crippen LogP contribution in [0.1, 0.15) is 25.8 Å². The molecule has 1 aromatic carbocycles. The van der Waals surface area contributed by atoms with Gasteiger partial charge in [0, 0.05) is 24.4 Å². The summed E-state index contributed by atoms with van der Waals surface area (Å²) in [6.45, 7) is 5.52. The normalized spacial score (nSPS) is 23.8. The van der Waals surface area contributed by atoms with Gasteiger partial charge in [0.2, 0.25) is 0 Å². The van der Waals surface area contributed by atoms with Gasteiger partial charge in [-0.2, -0.15) is 0 Å². The molecule has 0 saturated carbocycles.